The second-order valence-corrected chi connectivity index (χ2v) is 7.41. The van der Waals surface area contributed by atoms with E-state index in [9.17, 15) is 8.42 Å². The third-order valence-electron chi connectivity index (χ3n) is 3.32. The quantitative estimate of drug-likeness (QED) is 0.754. The van der Waals surface area contributed by atoms with Crippen molar-refractivity contribution in [1.29, 1.82) is 0 Å². The van der Waals surface area contributed by atoms with E-state index in [2.05, 4.69) is 18.6 Å². The Morgan fingerprint density at radius 3 is 2.28 bits per heavy atom. The fourth-order valence-corrected chi connectivity index (χ4v) is 4.30. The minimum atomic E-state index is -3.15. The van der Waals surface area contributed by atoms with Crippen molar-refractivity contribution in [3.63, 3.8) is 0 Å². The van der Waals surface area contributed by atoms with Crippen molar-refractivity contribution >= 4 is 22.4 Å². The van der Waals surface area contributed by atoms with Gasteiger partial charge in [0.15, 0.2) is 0 Å². The molecule has 1 unspecified atom stereocenters. The van der Waals surface area contributed by atoms with E-state index in [0.29, 0.717) is 18.4 Å². The van der Waals surface area contributed by atoms with Gasteiger partial charge in [0.1, 0.15) is 0 Å². The van der Waals surface area contributed by atoms with Gasteiger partial charge in [-0.15, -0.1) is 12.4 Å². The zero-order valence-electron chi connectivity index (χ0n) is 11.4. The number of nitrogens with two attached hydrogens (primary N) is 1. The molecule has 1 atom stereocenters. The highest BCUT2D eigenvalue weighted by atomic mass is 35.5. The Morgan fingerprint density at radius 1 is 1.28 bits per heavy atom. The van der Waals surface area contributed by atoms with Crippen LogP contribution in [0.3, 0.4) is 0 Å². The van der Waals surface area contributed by atoms with Crippen molar-refractivity contribution in [2.45, 2.75) is 52.0 Å². The minimum absolute atomic E-state index is 0. The maximum atomic E-state index is 12.0. The largest absolute Gasteiger partial charge is 0.329 e. The highest BCUT2D eigenvalue weighted by Crippen LogP contribution is 2.25. The SMILES string of the molecule is CC(C)CC(CN)NS(=O)(=O)CC1CCCC1.Cl. The molecule has 0 bridgehead atoms. The van der Waals surface area contributed by atoms with Gasteiger partial charge in [-0.05, 0) is 31.1 Å². The van der Waals surface area contributed by atoms with Crippen molar-refractivity contribution in [1.82, 2.24) is 4.72 Å². The van der Waals surface area contributed by atoms with Gasteiger partial charge >= 0.3 is 0 Å². The van der Waals surface area contributed by atoms with Gasteiger partial charge in [-0.2, -0.15) is 0 Å². The highest BCUT2D eigenvalue weighted by Gasteiger charge is 2.24. The van der Waals surface area contributed by atoms with Crippen molar-refractivity contribution in [3.8, 4) is 0 Å². The molecule has 1 fully saturated rings. The summed E-state index contributed by atoms with van der Waals surface area (Å²) in [7, 11) is -3.15. The number of hydrogen-bond donors (Lipinski definition) is 2. The second kappa shape index (κ2) is 8.35. The van der Waals surface area contributed by atoms with E-state index < -0.39 is 10.0 Å². The normalized spacial score (nSPS) is 18.9. The third-order valence-corrected chi connectivity index (χ3v) is 4.92. The van der Waals surface area contributed by atoms with Gasteiger partial charge in [0.05, 0.1) is 5.75 Å². The molecule has 18 heavy (non-hydrogen) atoms. The molecule has 0 aromatic heterocycles. The Labute approximate surface area is 118 Å². The van der Waals surface area contributed by atoms with Crippen LogP contribution in [0.15, 0.2) is 0 Å². The van der Waals surface area contributed by atoms with Gasteiger partial charge < -0.3 is 5.73 Å². The van der Waals surface area contributed by atoms with Crippen LogP contribution in [0.4, 0.5) is 0 Å². The second-order valence-electron chi connectivity index (χ2n) is 5.61. The number of nitrogens with one attached hydrogen (secondary N) is 1. The van der Waals surface area contributed by atoms with Crippen LogP contribution in [0, 0.1) is 11.8 Å². The maximum absolute atomic E-state index is 12.0. The lowest BCUT2D eigenvalue weighted by Crippen LogP contribution is -2.42. The molecule has 0 aliphatic heterocycles. The third kappa shape index (κ3) is 6.92. The summed E-state index contributed by atoms with van der Waals surface area (Å²) in [5, 5.41) is 0. The number of sulfonamides is 1. The molecular weight excluding hydrogens is 272 g/mol. The number of hydrogen-bond acceptors (Lipinski definition) is 3. The van der Waals surface area contributed by atoms with Crippen molar-refractivity contribution < 1.29 is 8.42 Å². The summed E-state index contributed by atoms with van der Waals surface area (Å²) in [6.07, 6.45) is 5.26. The Morgan fingerprint density at radius 2 is 1.83 bits per heavy atom. The molecule has 1 rings (SSSR count). The zero-order valence-corrected chi connectivity index (χ0v) is 13.0. The van der Waals surface area contributed by atoms with Crippen LogP contribution in [-0.4, -0.2) is 26.8 Å². The summed E-state index contributed by atoms with van der Waals surface area (Å²) in [5.74, 6) is 1.09. The molecule has 0 amide bonds. The molecule has 1 aliphatic rings. The Balaban J connectivity index is 0.00000289. The predicted molar refractivity (Wildman–Crippen MR) is 78.4 cm³/mol. The Kier molecular flexibility index (Phi) is 8.43. The van der Waals surface area contributed by atoms with Gasteiger partial charge in [-0.25, -0.2) is 13.1 Å². The smallest absolute Gasteiger partial charge is 0.212 e. The summed E-state index contributed by atoms with van der Waals surface area (Å²) in [6.45, 7) is 4.53. The summed E-state index contributed by atoms with van der Waals surface area (Å²) in [6, 6.07) is -0.110. The van der Waals surface area contributed by atoms with Crippen LogP contribution >= 0.6 is 12.4 Å². The molecule has 0 radical (unpaired) electrons. The standard InChI is InChI=1S/C12H26N2O2S.ClH/c1-10(2)7-12(8-13)14-17(15,16)9-11-5-3-4-6-11;/h10-12,14H,3-9,13H2,1-2H3;1H. The first-order chi connectivity index (χ1) is 7.93. The van der Waals surface area contributed by atoms with Crippen LogP contribution in [0.1, 0.15) is 46.0 Å². The molecular formula is C12H27ClN2O2S. The summed E-state index contributed by atoms with van der Waals surface area (Å²) < 4.78 is 26.7. The number of rotatable bonds is 7. The van der Waals surface area contributed by atoms with Gasteiger partial charge in [0.25, 0.3) is 0 Å². The first-order valence-electron chi connectivity index (χ1n) is 6.63. The van der Waals surface area contributed by atoms with Crippen LogP contribution in [0.25, 0.3) is 0 Å². The fraction of sp³-hybridized carbons (Fsp3) is 1.00. The minimum Gasteiger partial charge on any atom is -0.329 e. The molecule has 1 aliphatic carbocycles. The maximum Gasteiger partial charge on any atom is 0.212 e. The summed E-state index contributed by atoms with van der Waals surface area (Å²) >= 11 is 0. The van der Waals surface area contributed by atoms with Gasteiger partial charge in [0, 0.05) is 12.6 Å². The monoisotopic (exact) mass is 298 g/mol. The van der Waals surface area contributed by atoms with Crippen LogP contribution in [0.2, 0.25) is 0 Å². The van der Waals surface area contributed by atoms with Crippen LogP contribution < -0.4 is 10.5 Å². The van der Waals surface area contributed by atoms with E-state index in [1.54, 1.807) is 0 Å². The predicted octanol–water partition coefficient (Wildman–Crippen LogP) is 1.89. The first-order valence-corrected chi connectivity index (χ1v) is 8.28. The van der Waals surface area contributed by atoms with Crippen molar-refractivity contribution in [3.05, 3.63) is 0 Å². The molecule has 1 saturated carbocycles. The van der Waals surface area contributed by atoms with E-state index >= 15 is 0 Å². The lowest BCUT2D eigenvalue weighted by Gasteiger charge is -2.20. The van der Waals surface area contributed by atoms with E-state index in [0.717, 1.165) is 19.3 Å². The van der Waals surface area contributed by atoms with E-state index in [-0.39, 0.29) is 24.2 Å². The molecule has 0 saturated heterocycles. The van der Waals surface area contributed by atoms with Crippen LogP contribution in [0.5, 0.6) is 0 Å². The lowest BCUT2D eigenvalue weighted by atomic mass is 10.1. The Hall–Kier alpha value is 0.160. The molecule has 0 spiro atoms. The van der Waals surface area contributed by atoms with Crippen molar-refractivity contribution in [2.24, 2.45) is 17.6 Å². The van der Waals surface area contributed by atoms with Gasteiger partial charge in [-0.3, -0.25) is 0 Å². The topological polar surface area (TPSA) is 72.2 Å². The molecule has 6 heteroatoms. The highest BCUT2D eigenvalue weighted by molar-refractivity contribution is 7.89. The van der Waals surface area contributed by atoms with E-state index in [4.69, 9.17) is 5.73 Å². The number of halogens is 1. The Bertz CT molecular complexity index is 314. The molecule has 0 aromatic rings. The molecule has 4 nitrogen and oxygen atoms in total. The molecule has 0 heterocycles. The fourth-order valence-electron chi connectivity index (χ4n) is 2.55. The molecule has 110 valence electrons. The molecule has 3 N–H and O–H groups in total. The lowest BCUT2D eigenvalue weighted by molar-refractivity contribution is 0.461. The zero-order chi connectivity index (χ0) is 12.9. The average molecular weight is 299 g/mol. The van der Waals surface area contributed by atoms with E-state index in [1.807, 2.05) is 0 Å². The molecule has 0 aromatic carbocycles. The first kappa shape index (κ1) is 18.2. The van der Waals surface area contributed by atoms with Gasteiger partial charge in [-0.1, -0.05) is 26.7 Å². The summed E-state index contributed by atoms with van der Waals surface area (Å²) in [5.41, 5.74) is 5.61. The van der Waals surface area contributed by atoms with Gasteiger partial charge in [0.2, 0.25) is 10.0 Å². The van der Waals surface area contributed by atoms with E-state index in [1.165, 1.54) is 12.8 Å². The summed E-state index contributed by atoms with van der Waals surface area (Å²) in [4.78, 5) is 0. The van der Waals surface area contributed by atoms with Crippen LogP contribution in [-0.2, 0) is 10.0 Å². The van der Waals surface area contributed by atoms with Crippen molar-refractivity contribution in [2.75, 3.05) is 12.3 Å². The average Bonchev–Trinajstić information content (AvgIpc) is 2.67.